The van der Waals surface area contributed by atoms with Gasteiger partial charge in [-0.25, -0.2) is 9.97 Å². The highest BCUT2D eigenvalue weighted by atomic mass is 32.1. The summed E-state index contributed by atoms with van der Waals surface area (Å²) in [4.78, 5) is 30.2. The maximum Gasteiger partial charge on any atom is 0.266 e. The molecule has 2 aromatic heterocycles. The van der Waals surface area contributed by atoms with E-state index >= 15 is 0 Å². The molecule has 3 heterocycles. The molecule has 2 aromatic carbocycles. The molecule has 162 valence electrons. The van der Waals surface area contributed by atoms with E-state index in [2.05, 4.69) is 21.0 Å². The van der Waals surface area contributed by atoms with Crippen molar-refractivity contribution in [2.75, 3.05) is 23.6 Å². The van der Waals surface area contributed by atoms with Crippen molar-refractivity contribution in [2.45, 2.75) is 0 Å². The topological polar surface area (TPSA) is 121 Å². The van der Waals surface area contributed by atoms with Gasteiger partial charge in [0, 0.05) is 11.8 Å². The Morgan fingerprint density at radius 2 is 1.97 bits per heavy atom. The highest BCUT2D eigenvalue weighted by molar-refractivity contribution is 7.21. The van der Waals surface area contributed by atoms with Crippen molar-refractivity contribution in [3.63, 3.8) is 0 Å². The number of hydrogen-bond acceptors (Lipinski definition) is 9. The number of nitrogens with zero attached hydrogens (tertiary/aromatic N) is 6. The fraction of sp³-hybridized carbons (Fsp3) is 0.0870. The summed E-state index contributed by atoms with van der Waals surface area (Å²) in [7, 11) is 1.58. The van der Waals surface area contributed by atoms with Crippen molar-refractivity contribution in [3.8, 4) is 23.1 Å². The van der Waals surface area contributed by atoms with E-state index in [0.717, 1.165) is 11.3 Å². The van der Waals surface area contributed by atoms with E-state index in [4.69, 9.17) is 15.7 Å². The number of fused-ring (bicyclic) bond motifs is 1. The largest absolute Gasteiger partial charge is 0.495 e. The molecule has 0 unspecified atom stereocenters. The lowest BCUT2D eigenvalue weighted by Gasteiger charge is -2.23. The number of thiazole rings is 1. The molecule has 5 rings (SSSR count). The molecular formula is C23H17N7O2S. The number of hydrogen-bond donors (Lipinski definition) is 1. The molecule has 0 spiro atoms. The van der Waals surface area contributed by atoms with Crippen LogP contribution >= 0.6 is 11.3 Å². The minimum absolute atomic E-state index is 0.331. The summed E-state index contributed by atoms with van der Waals surface area (Å²) in [5.41, 5.74) is 9.36. The van der Waals surface area contributed by atoms with Crippen LogP contribution in [0.15, 0.2) is 66.6 Å². The Bertz CT molecular complexity index is 1440. The molecule has 10 heteroatoms. The summed E-state index contributed by atoms with van der Waals surface area (Å²) >= 11 is 1.37. The molecule has 0 fully saturated rings. The number of methoxy groups -OCH3 is 1. The predicted molar refractivity (Wildman–Crippen MR) is 125 cm³/mol. The number of ether oxygens (including phenoxy) is 1. The van der Waals surface area contributed by atoms with Gasteiger partial charge in [0.2, 0.25) is 0 Å². The second-order valence-electron chi connectivity index (χ2n) is 7.16. The van der Waals surface area contributed by atoms with Crippen LogP contribution in [-0.4, -0.2) is 34.6 Å². The number of rotatable bonds is 5. The van der Waals surface area contributed by atoms with Gasteiger partial charge in [-0.2, -0.15) is 10.2 Å². The number of para-hydroxylation sites is 2. The molecule has 0 saturated carbocycles. The van der Waals surface area contributed by atoms with E-state index < -0.39 is 5.91 Å². The Labute approximate surface area is 193 Å². The molecule has 1 aliphatic rings. The first-order valence-electron chi connectivity index (χ1n) is 9.90. The third-order valence-corrected chi connectivity index (χ3v) is 6.13. The predicted octanol–water partition coefficient (Wildman–Crippen LogP) is 3.24. The smallest absolute Gasteiger partial charge is 0.266 e. The molecule has 1 aliphatic heterocycles. The molecule has 1 amide bonds. The zero-order valence-electron chi connectivity index (χ0n) is 17.5. The average Bonchev–Trinajstić information content (AvgIpc) is 3.48. The molecule has 4 aromatic rings. The van der Waals surface area contributed by atoms with Gasteiger partial charge in [0.15, 0.2) is 15.6 Å². The quantitative estimate of drug-likeness (QED) is 0.487. The lowest BCUT2D eigenvalue weighted by atomic mass is 10.1. The van der Waals surface area contributed by atoms with E-state index in [1.165, 1.54) is 11.3 Å². The number of carbonyl (C=O) groups excluding carboxylic acids is 1. The van der Waals surface area contributed by atoms with Gasteiger partial charge in [-0.05, 0) is 24.3 Å². The van der Waals surface area contributed by atoms with Crippen LogP contribution in [0.3, 0.4) is 0 Å². The first-order valence-corrected chi connectivity index (χ1v) is 10.7. The summed E-state index contributed by atoms with van der Waals surface area (Å²) in [5.74, 6) is 0.0788. The van der Waals surface area contributed by atoms with E-state index in [9.17, 15) is 4.79 Å². The van der Waals surface area contributed by atoms with E-state index in [0.29, 0.717) is 45.0 Å². The molecule has 0 saturated heterocycles. The number of nitrogens with two attached hydrogens (primary N) is 1. The number of primary amides is 1. The van der Waals surface area contributed by atoms with E-state index in [-0.39, 0.29) is 0 Å². The highest BCUT2D eigenvalue weighted by Crippen LogP contribution is 2.36. The van der Waals surface area contributed by atoms with Crippen LogP contribution in [0.25, 0.3) is 21.7 Å². The summed E-state index contributed by atoms with van der Waals surface area (Å²) in [6.45, 7) is 0.334. The maximum absolute atomic E-state index is 12.2. The Hall–Kier alpha value is -4.49. The molecule has 0 atom stereocenters. The van der Waals surface area contributed by atoms with Gasteiger partial charge >= 0.3 is 0 Å². The number of benzene rings is 2. The van der Waals surface area contributed by atoms with Crippen molar-refractivity contribution >= 4 is 38.5 Å². The van der Waals surface area contributed by atoms with Crippen molar-refractivity contribution in [1.29, 1.82) is 5.26 Å². The van der Waals surface area contributed by atoms with Crippen molar-refractivity contribution in [2.24, 2.45) is 5.73 Å². The second kappa shape index (κ2) is 8.22. The van der Waals surface area contributed by atoms with Crippen LogP contribution in [0, 0.1) is 11.3 Å². The number of nitriles is 1. The minimum atomic E-state index is -0.552. The monoisotopic (exact) mass is 455 g/mol. The number of anilines is 2. The Morgan fingerprint density at radius 1 is 1.18 bits per heavy atom. The first-order chi connectivity index (χ1) is 16.1. The van der Waals surface area contributed by atoms with Gasteiger partial charge in [0.05, 0.1) is 36.3 Å². The van der Waals surface area contributed by atoms with Gasteiger partial charge in [-0.15, -0.1) is 0 Å². The van der Waals surface area contributed by atoms with Gasteiger partial charge in [0.25, 0.3) is 5.91 Å². The summed E-state index contributed by atoms with van der Waals surface area (Å²) in [6, 6.07) is 16.7. The molecule has 0 aliphatic carbocycles. The molecule has 2 N–H and O–H groups in total. The number of aromatic nitrogens is 3. The van der Waals surface area contributed by atoms with Crippen LogP contribution in [0.4, 0.5) is 10.8 Å². The first kappa shape index (κ1) is 20.4. The molecule has 0 radical (unpaired) electrons. The fourth-order valence-electron chi connectivity index (χ4n) is 3.55. The molecule has 33 heavy (non-hydrogen) atoms. The molecule has 9 nitrogen and oxygen atoms in total. The maximum atomic E-state index is 12.2. The molecule has 0 bridgehead atoms. The second-order valence-corrected chi connectivity index (χ2v) is 8.12. The van der Waals surface area contributed by atoms with Crippen molar-refractivity contribution in [1.82, 2.24) is 15.0 Å². The van der Waals surface area contributed by atoms with Crippen molar-refractivity contribution in [3.05, 3.63) is 72.2 Å². The lowest BCUT2D eigenvalue weighted by molar-refractivity contribution is -0.114. The van der Waals surface area contributed by atoms with Gasteiger partial charge in [0.1, 0.15) is 18.1 Å². The van der Waals surface area contributed by atoms with Crippen LogP contribution in [0.5, 0.6) is 5.75 Å². The number of carbonyl (C=O) groups is 1. The number of amides is 1. The molecular weight excluding hydrogens is 438 g/mol. The fourth-order valence-corrected chi connectivity index (χ4v) is 4.41. The summed E-state index contributed by atoms with van der Waals surface area (Å²) < 4.78 is 5.45. The SMILES string of the molecule is COc1ccccc1N1CN(c2nc3ncc(-c4ccc(C#N)cc4)nc3s2)C=C1C(N)=O. The normalized spacial score (nSPS) is 13.2. The van der Waals surface area contributed by atoms with Crippen LogP contribution in [0.2, 0.25) is 0 Å². The zero-order chi connectivity index (χ0) is 22.9. The van der Waals surface area contributed by atoms with Crippen molar-refractivity contribution < 1.29 is 9.53 Å². The van der Waals surface area contributed by atoms with E-state index in [1.807, 2.05) is 41.3 Å². The van der Waals surface area contributed by atoms with Crippen LogP contribution < -0.4 is 20.3 Å². The summed E-state index contributed by atoms with van der Waals surface area (Å²) in [6.07, 6.45) is 3.33. The lowest BCUT2D eigenvalue weighted by Crippen LogP contribution is -2.31. The van der Waals surface area contributed by atoms with Gasteiger partial charge in [-0.3, -0.25) is 4.79 Å². The highest BCUT2D eigenvalue weighted by Gasteiger charge is 2.30. The van der Waals surface area contributed by atoms with E-state index in [1.54, 1.807) is 36.5 Å². The average molecular weight is 456 g/mol. The van der Waals surface area contributed by atoms with Gasteiger partial charge < -0.3 is 20.3 Å². The standard InChI is InChI=1S/C23H17N7O2S/c1-32-19-5-3-2-4-17(19)30-13-29(12-18(30)20(25)31)23-28-21-22(33-23)27-16(11-26-21)15-8-6-14(10-24)7-9-15/h2-9,11-12H,13H2,1H3,(H2,25,31). The van der Waals surface area contributed by atoms with Crippen LogP contribution in [0.1, 0.15) is 5.56 Å². The zero-order valence-corrected chi connectivity index (χ0v) is 18.3. The minimum Gasteiger partial charge on any atom is -0.495 e. The Morgan fingerprint density at radius 3 is 2.70 bits per heavy atom. The van der Waals surface area contributed by atoms with Gasteiger partial charge in [-0.1, -0.05) is 35.6 Å². The summed E-state index contributed by atoms with van der Waals surface area (Å²) in [5, 5.41) is 9.62. The third-order valence-electron chi connectivity index (χ3n) is 5.16. The van der Waals surface area contributed by atoms with Crippen LogP contribution in [-0.2, 0) is 4.79 Å². The Balaban J connectivity index is 1.48. The third kappa shape index (κ3) is 3.71. The Kier molecular flexibility index (Phi) is 5.08.